The van der Waals surface area contributed by atoms with Crippen LogP contribution in [-0.4, -0.2) is 63.1 Å². The number of piperazine rings is 1. The highest BCUT2D eigenvalue weighted by Crippen LogP contribution is 2.25. The van der Waals surface area contributed by atoms with E-state index in [2.05, 4.69) is 20.5 Å². The Morgan fingerprint density at radius 3 is 2.45 bits per heavy atom. The summed E-state index contributed by atoms with van der Waals surface area (Å²) in [5, 5.41) is 13.3. The molecule has 4 aromatic rings. The van der Waals surface area contributed by atoms with Gasteiger partial charge in [-0.2, -0.15) is 5.10 Å². The summed E-state index contributed by atoms with van der Waals surface area (Å²) in [6.07, 6.45) is 0. The Bertz CT molecular complexity index is 1230. The van der Waals surface area contributed by atoms with Gasteiger partial charge in [-0.3, -0.25) is 15.2 Å². The first kappa shape index (κ1) is 19.3. The van der Waals surface area contributed by atoms with Crippen molar-refractivity contribution in [1.29, 1.82) is 0 Å². The highest BCUT2D eigenvalue weighted by Gasteiger charge is 2.27. The molecule has 5 rings (SSSR count). The predicted octanol–water partition coefficient (Wildman–Crippen LogP) is 3.68. The Kier molecular flexibility index (Phi) is 5.09. The predicted molar refractivity (Wildman–Crippen MR) is 120 cm³/mol. The number of hydrogen-bond donors (Lipinski definition) is 2. The van der Waals surface area contributed by atoms with Gasteiger partial charge in [0.15, 0.2) is 10.8 Å². The smallest absolute Gasteiger partial charge is 0.323 e. The van der Waals surface area contributed by atoms with Gasteiger partial charge in [-0.25, -0.2) is 9.78 Å². The van der Waals surface area contributed by atoms with Crippen LogP contribution in [0.15, 0.2) is 60.0 Å². The van der Waals surface area contributed by atoms with Gasteiger partial charge in [0.25, 0.3) is 5.91 Å². The van der Waals surface area contributed by atoms with Crippen molar-refractivity contribution >= 4 is 39.3 Å². The summed E-state index contributed by atoms with van der Waals surface area (Å²) in [6.45, 7) is 1.83. The van der Waals surface area contributed by atoms with Crippen molar-refractivity contribution in [3.05, 3.63) is 65.7 Å². The lowest BCUT2D eigenvalue weighted by atomic mass is 10.2. The third kappa shape index (κ3) is 3.87. The quantitative estimate of drug-likeness (QED) is 0.516. The molecule has 0 radical (unpaired) electrons. The standard InChI is InChI=1S/C22H20N6O2S/c29-20(19-16-8-4-5-9-17(16)25-26-19)27-10-12-28(13-11-27)22(30)24-21-23-18(14-31-21)15-6-2-1-3-7-15/h1-9,14H,10-13H2,(H,25,26)(H,23,24,30). The third-order valence-corrected chi connectivity index (χ3v) is 6.07. The fourth-order valence-corrected chi connectivity index (χ4v) is 4.34. The fraction of sp³-hybridized carbons (Fsp3) is 0.182. The van der Waals surface area contributed by atoms with Crippen molar-refractivity contribution in [3.63, 3.8) is 0 Å². The van der Waals surface area contributed by atoms with Crippen LogP contribution in [0.4, 0.5) is 9.93 Å². The van der Waals surface area contributed by atoms with Crippen LogP contribution in [0.1, 0.15) is 10.5 Å². The zero-order chi connectivity index (χ0) is 21.2. The Balaban J connectivity index is 1.19. The van der Waals surface area contributed by atoms with Gasteiger partial charge >= 0.3 is 6.03 Å². The molecule has 3 heterocycles. The second-order valence-electron chi connectivity index (χ2n) is 7.23. The van der Waals surface area contributed by atoms with Crippen molar-refractivity contribution < 1.29 is 9.59 Å². The molecule has 156 valence electrons. The average molecular weight is 433 g/mol. The van der Waals surface area contributed by atoms with E-state index in [-0.39, 0.29) is 11.9 Å². The Labute approximate surface area is 182 Å². The Morgan fingerprint density at radius 2 is 1.65 bits per heavy atom. The summed E-state index contributed by atoms with van der Waals surface area (Å²) < 4.78 is 0. The minimum Gasteiger partial charge on any atom is -0.334 e. The molecule has 1 aliphatic rings. The molecule has 0 atom stereocenters. The van der Waals surface area contributed by atoms with Crippen molar-refractivity contribution in [2.24, 2.45) is 0 Å². The van der Waals surface area contributed by atoms with Gasteiger partial charge < -0.3 is 9.80 Å². The molecule has 0 spiro atoms. The number of rotatable bonds is 3. The molecular weight excluding hydrogens is 412 g/mol. The number of carbonyl (C=O) groups is 2. The van der Waals surface area contributed by atoms with E-state index in [0.29, 0.717) is 37.0 Å². The normalized spacial score (nSPS) is 14.1. The molecule has 9 heteroatoms. The lowest BCUT2D eigenvalue weighted by Crippen LogP contribution is -2.51. The summed E-state index contributed by atoms with van der Waals surface area (Å²) in [6, 6.07) is 17.2. The number of hydrogen-bond acceptors (Lipinski definition) is 5. The van der Waals surface area contributed by atoms with Crippen LogP contribution in [0.5, 0.6) is 0 Å². The average Bonchev–Trinajstić information content (AvgIpc) is 3.46. The SMILES string of the molecule is O=C(Nc1nc(-c2ccccc2)cs1)N1CCN(C(=O)c2n[nH]c3ccccc23)CC1. The number of para-hydroxylation sites is 1. The second-order valence-corrected chi connectivity index (χ2v) is 8.09. The van der Waals surface area contributed by atoms with E-state index in [9.17, 15) is 9.59 Å². The molecule has 3 amide bonds. The van der Waals surface area contributed by atoms with Gasteiger partial charge in [-0.05, 0) is 6.07 Å². The van der Waals surface area contributed by atoms with E-state index in [1.807, 2.05) is 60.0 Å². The number of fused-ring (bicyclic) bond motifs is 1. The van der Waals surface area contributed by atoms with E-state index in [1.165, 1.54) is 11.3 Å². The number of benzene rings is 2. The molecule has 0 unspecified atom stereocenters. The summed E-state index contributed by atoms with van der Waals surface area (Å²) in [5.74, 6) is -0.120. The number of aromatic amines is 1. The molecule has 2 N–H and O–H groups in total. The molecule has 0 aliphatic carbocycles. The summed E-state index contributed by atoms with van der Waals surface area (Å²) in [7, 11) is 0. The van der Waals surface area contributed by atoms with Gasteiger partial charge in [0, 0.05) is 42.5 Å². The van der Waals surface area contributed by atoms with Gasteiger partial charge in [0.2, 0.25) is 0 Å². The monoisotopic (exact) mass is 432 g/mol. The number of nitrogens with zero attached hydrogens (tertiary/aromatic N) is 4. The van der Waals surface area contributed by atoms with E-state index < -0.39 is 0 Å². The topological polar surface area (TPSA) is 94.2 Å². The Hall–Kier alpha value is -3.72. The van der Waals surface area contributed by atoms with Crippen LogP contribution in [0.25, 0.3) is 22.2 Å². The summed E-state index contributed by atoms with van der Waals surface area (Å²) in [5.41, 5.74) is 3.10. The lowest BCUT2D eigenvalue weighted by molar-refractivity contribution is 0.0667. The number of nitrogens with one attached hydrogen (secondary N) is 2. The third-order valence-electron chi connectivity index (χ3n) is 5.31. The maximum Gasteiger partial charge on any atom is 0.323 e. The fourth-order valence-electron chi connectivity index (χ4n) is 3.63. The molecule has 0 bridgehead atoms. The first-order valence-corrected chi connectivity index (χ1v) is 10.9. The van der Waals surface area contributed by atoms with E-state index in [1.54, 1.807) is 9.80 Å². The van der Waals surface area contributed by atoms with Crippen molar-refractivity contribution in [3.8, 4) is 11.3 Å². The van der Waals surface area contributed by atoms with Crippen molar-refractivity contribution in [2.75, 3.05) is 31.5 Å². The number of carbonyl (C=O) groups excluding carboxylic acids is 2. The van der Waals surface area contributed by atoms with Gasteiger partial charge in [-0.15, -0.1) is 11.3 Å². The van der Waals surface area contributed by atoms with Crippen LogP contribution in [0, 0.1) is 0 Å². The molecule has 8 nitrogen and oxygen atoms in total. The second kappa shape index (κ2) is 8.19. The maximum absolute atomic E-state index is 12.9. The van der Waals surface area contributed by atoms with Crippen LogP contribution in [0.2, 0.25) is 0 Å². The summed E-state index contributed by atoms with van der Waals surface area (Å²) in [4.78, 5) is 33.5. The molecule has 1 fully saturated rings. The minimum absolute atomic E-state index is 0.120. The molecule has 2 aromatic carbocycles. The zero-order valence-electron chi connectivity index (χ0n) is 16.6. The number of anilines is 1. The van der Waals surface area contributed by atoms with Crippen LogP contribution in [-0.2, 0) is 0 Å². The molecule has 31 heavy (non-hydrogen) atoms. The molecule has 0 saturated carbocycles. The zero-order valence-corrected chi connectivity index (χ0v) is 17.4. The molecule has 1 saturated heterocycles. The van der Waals surface area contributed by atoms with Crippen LogP contribution < -0.4 is 5.32 Å². The number of H-pyrrole nitrogens is 1. The lowest BCUT2D eigenvalue weighted by Gasteiger charge is -2.34. The van der Waals surface area contributed by atoms with Gasteiger partial charge in [0.05, 0.1) is 11.2 Å². The highest BCUT2D eigenvalue weighted by molar-refractivity contribution is 7.14. The molecular formula is C22H20N6O2S. The number of thiazole rings is 1. The van der Waals surface area contributed by atoms with Crippen LogP contribution >= 0.6 is 11.3 Å². The Morgan fingerprint density at radius 1 is 0.935 bits per heavy atom. The van der Waals surface area contributed by atoms with Gasteiger partial charge in [-0.1, -0.05) is 48.5 Å². The van der Waals surface area contributed by atoms with E-state index in [4.69, 9.17) is 0 Å². The highest BCUT2D eigenvalue weighted by atomic mass is 32.1. The number of urea groups is 1. The maximum atomic E-state index is 12.9. The van der Waals surface area contributed by atoms with E-state index >= 15 is 0 Å². The van der Waals surface area contributed by atoms with Crippen LogP contribution in [0.3, 0.4) is 0 Å². The van der Waals surface area contributed by atoms with Crippen molar-refractivity contribution in [1.82, 2.24) is 25.0 Å². The number of aromatic nitrogens is 3. The molecule has 1 aliphatic heterocycles. The largest absolute Gasteiger partial charge is 0.334 e. The summed E-state index contributed by atoms with van der Waals surface area (Å²) >= 11 is 1.40. The molecule has 2 aromatic heterocycles. The first-order chi connectivity index (χ1) is 15.2. The minimum atomic E-state index is -0.203. The van der Waals surface area contributed by atoms with E-state index in [0.717, 1.165) is 22.2 Å². The number of amides is 3. The van der Waals surface area contributed by atoms with Crippen molar-refractivity contribution in [2.45, 2.75) is 0 Å². The first-order valence-electron chi connectivity index (χ1n) is 9.98. The van der Waals surface area contributed by atoms with Gasteiger partial charge in [0.1, 0.15) is 0 Å².